The monoisotopic (exact) mass is 294 g/mol. The first-order valence-electron chi connectivity index (χ1n) is 5.67. The molecule has 2 aromatic rings. The Morgan fingerprint density at radius 1 is 1.20 bits per heavy atom. The molecule has 2 aromatic carbocycles. The largest absolute Gasteiger partial charge is 0.453 e. The van der Waals surface area contributed by atoms with Gasteiger partial charge in [0.05, 0.1) is 5.56 Å². The van der Waals surface area contributed by atoms with Gasteiger partial charge < -0.3 is 10.5 Å². The van der Waals surface area contributed by atoms with Crippen LogP contribution in [-0.2, 0) is 0 Å². The molecular weight excluding hydrogens is 282 g/mol. The van der Waals surface area contributed by atoms with E-state index in [1.807, 2.05) is 6.26 Å². The molecule has 0 spiro atoms. The Balaban J connectivity index is 2.48. The number of benzene rings is 2. The van der Waals surface area contributed by atoms with Crippen LogP contribution in [0.1, 0.15) is 5.56 Å². The highest BCUT2D eigenvalue weighted by molar-refractivity contribution is 7.98. The third-order valence-electron chi connectivity index (χ3n) is 2.59. The third kappa shape index (κ3) is 2.91. The Morgan fingerprint density at radius 3 is 2.60 bits per heavy atom. The minimum Gasteiger partial charge on any atom is -0.453 e. The van der Waals surface area contributed by atoms with Gasteiger partial charge in [0.25, 0.3) is 0 Å². The normalized spacial score (nSPS) is 10.3. The Morgan fingerprint density at radius 2 is 1.95 bits per heavy atom. The Hall–Kier alpha value is -2.08. The lowest BCUT2D eigenvalue weighted by Crippen LogP contribution is -2.13. The lowest BCUT2D eigenvalue weighted by Gasteiger charge is -2.13. The number of ether oxygens (including phenoxy) is 1. The van der Waals surface area contributed by atoms with E-state index in [-0.39, 0.29) is 17.3 Å². The van der Waals surface area contributed by atoms with Crippen LogP contribution in [0, 0.1) is 17.0 Å². The lowest BCUT2D eigenvalue weighted by atomic mass is 10.2. The van der Waals surface area contributed by atoms with Crippen molar-refractivity contribution < 1.29 is 13.5 Å². The smallest absolute Gasteiger partial charge is 0.166 e. The van der Waals surface area contributed by atoms with Crippen LogP contribution in [-0.4, -0.2) is 12.1 Å². The molecule has 0 heterocycles. The Labute approximate surface area is 119 Å². The molecule has 0 fully saturated rings. The minimum atomic E-state index is -0.685. The number of amidine groups is 1. The molecule has 0 saturated carbocycles. The molecule has 0 aliphatic carbocycles. The van der Waals surface area contributed by atoms with Crippen molar-refractivity contribution in [3.8, 4) is 11.5 Å². The second-order valence-corrected chi connectivity index (χ2v) is 4.77. The van der Waals surface area contributed by atoms with E-state index >= 15 is 0 Å². The van der Waals surface area contributed by atoms with Crippen LogP contribution in [0.2, 0.25) is 0 Å². The van der Waals surface area contributed by atoms with E-state index in [1.54, 1.807) is 18.2 Å². The average Bonchev–Trinajstić information content (AvgIpc) is 2.42. The molecular formula is C14H12F2N2OS. The zero-order valence-electron chi connectivity index (χ0n) is 10.6. The molecule has 0 aliphatic heterocycles. The summed E-state index contributed by atoms with van der Waals surface area (Å²) in [6.45, 7) is 0. The van der Waals surface area contributed by atoms with Gasteiger partial charge in [-0.05, 0) is 30.5 Å². The summed E-state index contributed by atoms with van der Waals surface area (Å²) in [5.74, 6) is -1.51. The fourth-order valence-corrected chi connectivity index (χ4v) is 2.33. The van der Waals surface area contributed by atoms with E-state index in [1.165, 1.54) is 11.8 Å². The molecule has 3 N–H and O–H groups in total. The minimum absolute atomic E-state index is 0.193. The van der Waals surface area contributed by atoms with Gasteiger partial charge in [-0.3, -0.25) is 5.41 Å². The highest BCUT2D eigenvalue weighted by Crippen LogP contribution is 2.33. The van der Waals surface area contributed by atoms with Crippen LogP contribution in [0.25, 0.3) is 0 Å². The molecule has 0 atom stereocenters. The second-order valence-electron chi connectivity index (χ2n) is 3.92. The molecule has 0 aromatic heterocycles. The molecule has 3 nitrogen and oxygen atoms in total. The number of nitrogens with one attached hydrogen (secondary N) is 1. The van der Waals surface area contributed by atoms with Gasteiger partial charge >= 0.3 is 0 Å². The van der Waals surface area contributed by atoms with Gasteiger partial charge in [0.15, 0.2) is 11.6 Å². The summed E-state index contributed by atoms with van der Waals surface area (Å²) in [4.78, 5) is 0.729. The lowest BCUT2D eigenvalue weighted by molar-refractivity contribution is 0.435. The van der Waals surface area contributed by atoms with Crippen LogP contribution >= 0.6 is 11.8 Å². The Bertz CT molecular complexity index is 662. The maximum Gasteiger partial charge on any atom is 0.166 e. The number of rotatable bonds is 4. The number of nitrogens with two attached hydrogens (primary N) is 1. The van der Waals surface area contributed by atoms with Crippen LogP contribution in [0.15, 0.2) is 41.3 Å². The van der Waals surface area contributed by atoms with Crippen molar-refractivity contribution in [1.82, 2.24) is 0 Å². The number of nitrogen functional groups attached to an aromatic ring is 1. The zero-order chi connectivity index (χ0) is 14.7. The molecule has 0 unspecified atom stereocenters. The van der Waals surface area contributed by atoms with E-state index in [0.717, 1.165) is 23.1 Å². The summed E-state index contributed by atoms with van der Waals surface area (Å²) in [6.07, 6.45) is 1.83. The van der Waals surface area contributed by atoms with Crippen LogP contribution in [0.5, 0.6) is 11.5 Å². The van der Waals surface area contributed by atoms with Crippen LogP contribution in [0.4, 0.5) is 8.78 Å². The number of thioether (sulfide) groups is 1. The van der Waals surface area contributed by atoms with Gasteiger partial charge in [0.2, 0.25) is 0 Å². The van der Waals surface area contributed by atoms with Gasteiger partial charge in [-0.15, -0.1) is 11.8 Å². The first kappa shape index (κ1) is 14.3. The molecule has 6 heteroatoms. The summed E-state index contributed by atoms with van der Waals surface area (Å²) < 4.78 is 32.1. The summed E-state index contributed by atoms with van der Waals surface area (Å²) >= 11 is 1.39. The number of hydrogen-bond acceptors (Lipinski definition) is 3. The van der Waals surface area contributed by atoms with Gasteiger partial charge in [-0.25, -0.2) is 8.78 Å². The highest BCUT2D eigenvalue weighted by Gasteiger charge is 2.14. The van der Waals surface area contributed by atoms with E-state index in [9.17, 15) is 8.78 Å². The fraction of sp³-hybridized carbons (Fsp3) is 0.0714. The summed E-state index contributed by atoms with van der Waals surface area (Å²) in [5, 5.41) is 7.60. The first-order chi connectivity index (χ1) is 9.52. The fourth-order valence-electron chi connectivity index (χ4n) is 1.71. The van der Waals surface area contributed by atoms with Crippen molar-refractivity contribution in [2.75, 3.05) is 6.26 Å². The molecule has 0 aliphatic rings. The predicted molar refractivity (Wildman–Crippen MR) is 75.7 cm³/mol. The molecule has 0 amide bonds. The quantitative estimate of drug-likeness (QED) is 0.513. The van der Waals surface area contributed by atoms with Crippen molar-refractivity contribution in [3.63, 3.8) is 0 Å². The first-order valence-corrected chi connectivity index (χ1v) is 6.89. The molecule has 104 valence electrons. The molecule has 0 saturated heterocycles. The maximum absolute atomic E-state index is 13.6. The van der Waals surface area contributed by atoms with E-state index in [0.29, 0.717) is 5.56 Å². The molecule has 20 heavy (non-hydrogen) atoms. The molecule has 0 bridgehead atoms. The van der Waals surface area contributed by atoms with Crippen molar-refractivity contribution in [2.45, 2.75) is 4.90 Å². The van der Waals surface area contributed by atoms with Crippen molar-refractivity contribution >= 4 is 17.6 Å². The van der Waals surface area contributed by atoms with Gasteiger partial charge in [0.1, 0.15) is 17.4 Å². The second kappa shape index (κ2) is 5.92. The van der Waals surface area contributed by atoms with E-state index < -0.39 is 11.6 Å². The third-order valence-corrected chi connectivity index (χ3v) is 3.37. The summed E-state index contributed by atoms with van der Waals surface area (Å²) in [7, 11) is 0. The summed E-state index contributed by atoms with van der Waals surface area (Å²) in [5.41, 5.74) is 5.90. The number of halogens is 2. The average molecular weight is 294 g/mol. The Kier molecular flexibility index (Phi) is 4.24. The summed E-state index contributed by atoms with van der Waals surface area (Å²) in [6, 6.07) is 7.97. The predicted octanol–water partition coefficient (Wildman–Crippen LogP) is 3.76. The van der Waals surface area contributed by atoms with Gasteiger partial charge in [-0.1, -0.05) is 6.07 Å². The van der Waals surface area contributed by atoms with E-state index in [4.69, 9.17) is 15.9 Å². The highest BCUT2D eigenvalue weighted by atomic mass is 32.2. The SMILES string of the molecule is CSc1cccc(Oc2cc(F)ccc2F)c1C(=N)N. The van der Waals surface area contributed by atoms with Gasteiger partial charge in [0, 0.05) is 11.0 Å². The van der Waals surface area contributed by atoms with E-state index in [2.05, 4.69) is 0 Å². The molecule has 2 rings (SSSR count). The van der Waals surface area contributed by atoms with Crippen molar-refractivity contribution in [2.24, 2.45) is 5.73 Å². The zero-order valence-corrected chi connectivity index (χ0v) is 11.4. The van der Waals surface area contributed by atoms with Crippen LogP contribution in [0.3, 0.4) is 0 Å². The van der Waals surface area contributed by atoms with Gasteiger partial charge in [-0.2, -0.15) is 0 Å². The maximum atomic E-state index is 13.6. The van der Waals surface area contributed by atoms with Crippen molar-refractivity contribution in [1.29, 1.82) is 5.41 Å². The topological polar surface area (TPSA) is 59.1 Å². The standard InChI is InChI=1S/C14H12F2N2OS/c1-20-12-4-2-3-10(13(12)14(17)18)19-11-7-8(15)5-6-9(11)16/h2-7H,1H3,(H3,17,18). The van der Waals surface area contributed by atoms with Crippen LogP contribution < -0.4 is 10.5 Å². The van der Waals surface area contributed by atoms with Crippen molar-refractivity contribution in [3.05, 3.63) is 53.6 Å². The molecule has 0 radical (unpaired) electrons. The number of hydrogen-bond donors (Lipinski definition) is 2.